The first kappa shape index (κ1) is 10.7. The predicted molar refractivity (Wildman–Crippen MR) is 58.7 cm³/mol. The zero-order chi connectivity index (χ0) is 10.5. The van der Waals surface area contributed by atoms with E-state index in [9.17, 15) is 0 Å². The van der Waals surface area contributed by atoms with Gasteiger partial charge in [0.1, 0.15) is 0 Å². The van der Waals surface area contributed by atoms with E-state index < -0.39 is 0 Å². The lowest BCUT2D eigenvalue weighted by atomic mass is 9.98. The summed E-state index contributed by atoms with van der Waals surface area (Å²) in [5.74, 6) is 0. The molecule has 0 aliphatic carbocycles. The van der Waals surface area contributed by atoms with Gasteiger partial charge in [0.25, 0.3) is 0 Å². The molecule has 1 aliphatic heterocycles. The van der Waals surface area contributed by atoms with Crippen molar-refractivity contribution in [3.05, 3.63) is 24.2 Å². The Bertz CT molecular complexity index is 265. The van der Waals surface area contributed by atoms with Gasteiger partial charge in [-0.25, -0.2) is 0 Å². The lowest BCUT2D eigenvalue weighted by Gasteiger charge is -2.26. The highest BCUT2D eigenvalue weighted by Crippen LogP contribution is 2.24. The third-order valence-corrected chi connectivity index (χ3v) is 3.07. The third kappa shape index (κ3) is 2.83. The molecule has 1 aromatic heterocycles. The molecule has 1 fully saturated rings. The molecule has 2 heterocycles. The van der Waals surface area contributed by atoms with Crippen molar-refractivity contribution in [3.63, 3.8) is 0 Å². The van der Waals surface area contributed by atoms with Gasteiger partial charge < -0.3 is 14.5 Å². The van der Waals surface area contributed by atoms with E-state index in [1.807, 2.05) is 19.4 Å². The fourth-order valence-electron chi connectivity index (χ4n) is 2.15. The number of hydrogen-bond acceptors (Lipinski definition) is 3. The van der Waals surface area contributed by atoms with Gasteiger partial charge in [-0.1, -0.05) is 0 Å². The first-order valence-electron chi connectivity index (χ1n) is 5.71. The molecule has 0 saturated carbocycles. The summed E-state index contributed by atoms with van der Waals surface area (Å²) >= 11 is 0. The minimum Gasteiger partial charge on any atom is -0.472 e. The lowest BCUT2D eigenvalue weighted by Crippen LogP contribution is -2.26. The maximum atomic E-state index is 5.74. The van der Waals surface area contributed by atoms with Crippen LogP contribution in [0.2, 0.25) is 0 Å². The fraction of sp³-hybridized carbons (Fsp3) is 0.667. The number of nitrogens with one attached hydrogen (secondary N) is 1. The molecule has 3 heteroatoms. The monoisotopic (exact) mass is 209 g/mol. The zero-order valence-corrected chi connectivity index (χ0v) is 9.24. The highest BCUT2D eigenvalue weighted by atomic mass is 16.5. The van der Waals surface area contributed by atoms with Crippen molar-refractivity contribution >= 4 is 0 Å². The Balaban J connectivity index is 1.90. The molecule has 1 saturated heterocycles. The van der Waals surface area contributed by atoms with Crippen LogP contribution in [0.15, 0.2) is 23.0 Å². The number of rotatable bonds is 4. The van der Waals surface area contributed by atoms with Crippen LogP contribution in [0.5, 0.6) is 0 Å². The van der Waals surface area contributed by atoms with E-state index >= 15 is 0 Å². The van der Waals surface area contributed by atoms with Gasteiger partial charge in [0.15, 0.2) is 0 Å². The summed E-state index contributed by atoms with van der Waals surface area (Å²) in [6, 6.07) is 2.37. The first-order valence-corrected chi connectivity index (χ1v) is 5.71. The summed E-state index contributed by atoms with van der Waals surface area (Å²) in [4.78, 5) is 0. The third-order valence-electron chi connectivity index (χ3n) is 3.07. The highest BCUT2D eigenvalue weighted by molar-refractivity contribution is 5.11. The Morgan fingerprint density at radius 3 is 3.07 bits per heavy atom. The minimum absolute atomic E-state index is 0.354. The molecule has 3 nitrogen and oxygen atoms in total. The normalized spacial score (nSPS) is 23.9. The molecule has 2 atom stereocenters. The minimum atomic E-state index is 0.354. The van der Waals surface area contributed by atoms with E-state index in [4.69, 9.17) is 9.15 Å². The van der Waals surface area contributed by atoms with Crippen LogP contribution in [-0.4, -0.2) is 19.8 Å². The van der Waals surface area contributed by atoms with E-state index in [0.29, 0.717) is 12.1 Å². The van der Waals surface area contributed by atoms with Crippen molar-refractivity contribution < 1.29 is 9.15 Å². The van der Waals surface area contributed by atoms with E-state index in [0.717, 1.165) is 13.0 Å². The Morgan fingerprint density at radius 2 is 2.47 bits per heavy atom. The summed E-state index contributed by atoms with van der Waals surface area (Å²) in [7, 11) is 1.99. The van der Waals surface area contributed by atoms with Gasteiger partial charge in [-0.3, -0.25) is 0 Å². The first-order chi connectivity index (χ1) is 7.40. The van der Waals surface area contributed by atoms with E-state index in [2.05, 4.69) is 5.32 Å². The second kappa shape index (κ2) is 5.33. The van der Waals surface area contributed by atoms with Gasteiger partial charge in [-0.2, -0.15) is 0 Å². The second-order valence-corrected chi connectivity index (χ2v) is 4.12. The Labute approximate surface area is 90.8 Å². The summed E-state index contributed by atoms with van der Waals surface area (Å²) in [5, 5.41) is 3.31. The van der Waals surface area contributed by atoms with Crippen LogP contribution in [0.3, 0.4) is 0 Å². The molecule has 15 heavy (non-hydrogen) atoms. The van der Waals surface area contributed by atoms with Crippen molar-refractivity contribution in [1.82, 2.24) is 5.32 Å². The smallest absolute Gasteiger partial charge is 0.0950 e. The molecule has 84 valence electrons. The van der Waals surface area contributed by atoms with Crippen LogP contribution in [0.4, 0.5) is 0 Å². The van der Waals surface area contributed by atoms with Crippen LogP contribution in [-0.2, 0) is 4.74 Å². The molecule has 0 radical (unpaired) electrons. The van der Waals surface area contributed by atoms with Gasteiger partial charge in [0.05, 0.1) is 18.6 Å². The summed E-state index contributed by atoms with van der Waals surface area (Å²) in [6.07, 6.45) is 8.68. The fourth-order valence-corrected chi connectivity index (χ4v) is 2.15. The van der Waals surface area contributed by atoms with Crippen LogP contribution in [0, 0.1) is 0 Å². The summed E-state index contributed by atoms with van der Waals surface area (Å²) in [5.41, 5.74) is 1.21. The van der Waals surface area contributed by atoms with Crippen molar-refractivity contribution in [1.29, 1.82) is 0 Å². The lowest BCUT2D eigenvalue weighted by molar-refractivity contribution is 0.00545. The van der Waals surface area contributed by atoms with Crippen molar-refractivity contribution in [2.24, 2.45) is 0 Å². The number of hydrogen-bond donors (Lipinski definition) is 1. The molecule has 0 amide bonds. The topological polar surface area (TPSA) is 34.4 Å². The maximum Gasteiger partial charge on any atom is 0.0950 e. The molecule has 2 unspecified atom stereocenters. The molecular formula is C12H19NO2. The quantitative estimate of drug-likeness (QED) is 0.827. The van der Waals surface area contributed by atoms with Gasteiger partial charge in [0, 0.05) is 18.2 Å². The zero-order valence-electron chi connectivity index (χ0n) is 9.24. The summed E-state index contributed by atoms with van der Waals surface area (Å²) in [6.45, 7) is 0.923. The molecule has 0 spiro atoms. The van der Waals surface area contributed by atoms with Gasteiger partial charge in [-0.05, 0) is 38.8 Å². The van der Waals surface area contributed by atoms with Gasteiger partial charge in [-0.15, -0.1) is 0 Å². The largest absolute Gasteiger partial charge is 0.472 e. The van der Waals surface area contributed by atoms with Gasteiger partial charge >= 0.3 is 0 Å². The van der Waals surface area contributed by atoms with Gasteiger partial charge in [0.2, 0.25) is 0 Å². The standard InChI is InChI=1S/C12H19NO2/c1-13-12(10-5-7-14-9-10)8-11-4-2-3-6-15-11/h5,7,9,11-13H,2-4,6,8H2,1H3. The van der Waals surface area contributed by atoms with Crippen LogP contribution >= 0.6 is 0 Å². The Morgan fingerprint density at radius 1 is 1.53 bits per heavy atom. The van der Waals surface area contributed by atoms with Crippen molar-refractivity contribution in [2.75, 3.05) is 13.7 Å². The average Bonchev–Trinajstić information content (AvgIpc) is 2.81. The molecule has 2 rings (SSSR count). The van der Waals surface area contributed by atoms with E-state index in [-0.39, 0.29) is 0 Å². The Kier molecular flexibility index (Phi) is 3.80. The molecule has 1 aliphatic rings. The predicted octanol–water partition coefficient (Wildman–Crippen LogP) is 2.50. The van der Waals surface area contributed by atoms with Crippen LogP contribution in [0.1, 0.15) is 37.3 Å². The van der Waals surface area contributed by atoms with Crippen molar-refractivity contribution in [2.45, 2.75) is 37.8 Å². The Hall–Kier alpha value is -0.800. The van der Waals surface area contributed by atoms with E-state index in [1.165, 1.54) is 24.8 Å². The van der Waals surface area contributed by atoms with E-state index in [1.54, 1.807) is 6.26 Å². The average molecular weight is 209 g/mol. The molecule has 1 N–H and O–H groups in total. The molecule has 1 aromatic rings. The van der Waals surface area contributed by atoms with Crippen molar-refractivity contribution in [3.8, 4) is 0 Å². The maximum absolute atomic E-state index is 5.74. The SMILES string of the molecule is CNC(CC1CCCCO1)c1ccoc1. The number of ether oxygens (including phenoxy) is 1. The summed E-state index contributed by atoms with van der Waals surface area (Å²) < 4.78 is 10.8. The number of furan rings is 1. The second-order valence-electron chi connectivity index (χ2n) is 4.12. The van der Waals surface area contributed by atoms with Crippen LogP contribution in [0.25, 0.3) is 0 Å². The molecular weight excluding hydrogens is 190 g/mol. The molecule has 0 aromatic carbocycles. The highest BCUT2D eigenvalue weighted by Gasteiger charge is 2.20. The molecule has 0 bridgehead atoms. The van der Waals surface area contributed by atoms with Crippen LogP contribution < -0.4 is 5.32 Å².